The fourth-order valence-corrected chi connectivity index (χ4v) is 2.34. The zero-order valence-electron chi connectivity index (χ0n) is 15.0. The van der Waals surface area contributed by atoms with Gasteiger partial charge in [0.05, 0.1) is 31.3 Å². The number of guanidine groups is 1. The summed E-state index contributed by atoms with van der Waals surface area (Å²) in [5.41, 5.74) is 1.35. The quantitative estimate of drug-likeness (QED) is 0.341. The van der Waals surface area contributed by atoms with E-state index >= 15 is 0 Å². The first-order valence-electron chi connectivity index (χ1n) is 8.08. The number of nitrogens with zero attached hydrogens (tertiary/aromatic N) is 2. The Morgan fingerprint density at radius 1 is 1.15 bits per heavy atom. The SMILES string of the molecule is CCNC(=NCc1ccccc1[N+](=O)[O-])Nc1ccc(OC)c(OC)c1. The van der Waals surface area contributed by atoms with Crippen LogP contribution in [0.1, 0.15) is 12.5 Å². The summed E-state index contributed by atoms with van der Waals surface area (Å²) >= 11 is 0. The molecule has 0 aliphatic carbocycles. The van der Waals surface area contributed by atoms with Gasteiger partial charge in [0.25, 0.3) is 5.69 Å². The molecule has 0 saturated carbocycles. The van der Waals surface area contributed by atoms with Crippen molar-refractivity contribution in [1.29, 1.82) is 0 Å². The van der Waals surface area contributed by atoms with Crippen LogP contribution in [0.5, 0.6) is 11.5 Å². The van der Waals surface area contributed by atoms with Gasteiger partial charge >= 0.3 is 0 Å². The van der Waals surface area contributed by atoms with Gasteiger partial charge in [-0.3, -0.25) is 10.1 Å². The number of anilines is 1. The average Bonchev–Trinajstić information content (AvgIpc) is 2.66. The number of rotatable bonds is 7. The van der Waals surface area contributed by atoms with Gasteiger partial charge in [-0.15, -0.1) is 0 Å². The summed E-state index contributed by atoms with van der Waals surface area (Å²) in [4.78, 5) is 15.1. The molecule has 2 aromatic rings. The second kappa shape index (κ2) is 9.26. The van der Waals surface area contributed by atoms with Gasteiger partial charge in [-0.1, -0.05) is 18.2 Å². The van der Waals surface area contributed by atoms with E-state index in [2.05, 4.69) is 15.6 Å². The Balaban J connectivity index is 2.21. The summed E-state index contributed by atoms with van der Waals surface area (Å²) in [6.07, 6.45) is 0. The highest BCUT2D eigenvalue weighted by Crippen LogP contribution is 2.29. The van der Waals surface area contributed by atoms with Gasteiger partial charge in [-0.2, -0.15) is 0 Å². The average molecular weight is 358 g/mol. The molecule has 0 amide bonds. The normalized spacial score (nSPS) is 11.0. The number of ether oxygens (including phenoxy) is 2. The number of benzene rings is 2. The third-order valence-electron chi connectivity index (χ3n) is 3.59. The molecule has 2 aromatic carbocycles. The van der Waals surface area contributed by atoms with Crippen LogP contribution in [0.2, 0.25) is 0 Å². The van der Waals surface area contributed by atoms with Crippen molar-refractivity contribution >= 4 is 17.3 Å². The number of nitro benzene ring substituents is 1. The molecule has 0 atom stereocenters. The summed E-state index contributed by atoms with van der Waals surface area (Å²) in [7, 11) is 3.14. The summed E-state index contributed by atoms with van der Waals surface area (Å²) < 4.78 is 10.5. The maximum atomic E-state index is 11.1. The molecular formula is C18H22N4O4. The van der Waals surface area contributed by atoms with Gasteiger partial charge in [0.15, 0.2) is 17.5 Å². The lowest BCUT2D eigenvalue weighted by molar-refractivity contribution is -0.385. The molecular weight excluding hydrogens is 336 g/mol. The highest BCUT2D eigenvalue weighted by Gasteiger charge is 2.12. The van der Waals surface area contributed by atoms with Crippen LogP contribution in [0.4, 0.5) is 11.4 Å². The monoisotopic (exact) mass is 358 g/mol. The van der Waals surface area contributed by atoms with Crippen LogP contribution in [0.15, 0.2) is 47.5 Å². The molecule has 8 nitrogen and oxygen atoms in total. The van der Waals surface area contributed by atoms with Crippen molar-refractivity contribution < 1.29 is 14.4 Å². The van der Waals surface area contributed by atoms with E-state index < -0.39 is 4.92 Å². The number of para-hydroxylation sites is 1. The summed E-state index contributed by atoms with van der Waals surface area (Å²) in [6.45, 7) is 2.77. The van der Waals surface area contributed by atoms with Gasteiger partial charge in [0.1, 0.15) is 0 Å². The molecule has 2 rings (SSSR count). The molecule has 0 spiro atoms. The van der Waals surface area contributed by atoms with Gasteiger partial charge in [-0.25, -0.2) is 4.99 Å². The topological polar surface area (TPSA) is 98.0 Å². The van der Waals surface area contributed by atoms with Crippen molar-refractivity contribution in [1.82, 2.24) is 5.32 Å². The molecule has 0 bridgehead atoms. The molecule has 0 heterocycles. The van der Waals surface area contributed by atoms with Crippen molar-refractivity contribution in [2.24, 2.45) is 4.99 Å². The van der Waals surface area contributed by atoms with Crippen molar-refractivity contribution in [3.63, 3.8) is 0 Å². The first-order valence-corrected chi connectivity index (χ1v) is 8.08. The Morgan fingerprint density at radius 2 is 1.88 bits per heavy atom. The Bertz CT molecular complexity index is 793. The lowest BCUT2D eigenvalue weighted by Gasteiger charge is -2.14. The van der Waals surface area contributed by atoms with Crippen LogP contribution in [0, 0.1) is 10.1 Å². The molecule has 0 aliphatic heterocycles. The predicted octanol–water partition coefficient (Wildman–Crippen LogP) is 3.19. The first kappa shape index (κ1) is 19.0. The number of aliphatic imine (C=N–C) groups is 1. The summed E-state index contributed by atoms with van der Waals surface area (Å²) in [6, 6.07) is 12.0. The second-order valence-electron chi connectivity index (χ2n) is 5.28. The van der Waals surface area contributed by atoms with Gasteiger partial charge in [0, 0.05) is 24.4 Å². The van der Waals surface area contributed by atoms with Crippen LogP contribution in [0.25, 0.3) is 0 Å². The molecule has 0 aromatic heterocycles. The molecule has 0 aliphatic rings. The van der Waals surface area contributed by atoms with E-state index in [0.717, 1.165) is 5.69 Å². The number of methoxy groups -OCH3 is 2. The maximum absolute atomic E-state index is 11.1. The standard InChI is InChI=1S/C18H22N4O4/c1-4-19-18(20-12-13-7-5-6-8-15(13)22(23)24)21-14-9-10-16(25-2)17(11-14)26-3/h5-11H,4,12H2,1-3H3,(H2,19,20,21). The lowest BCUT2D eigenvalue weighted by atomic mass is 10.2. The fraction of sp³-hybridized carbons (Fsp3) is 0.278. The lowest BCUT2D eigenvalue weighted by Crippen LogP contribution is -2.30. The molecule has 138 valence electrons. The smallest absolute Gasteiger partial charge is 0.274 e. The number of hydrogen-bond acceptors (Lipinski definition) is 5. The Morgan fingerprint density at radius 3 is 2.54 bits per heavy atom. The first-order chi connectivity index (χ1) is 12.6. The zero-order valence-corrected chi connectivity index (χ0v) is 15.0. The maximum Gasteiger partial charge on any atom is 0.274 e. The molecule has 0 radical (unpaired) electrons. The molecule has 2 N–H and O–H groups in total. The third kappa shape index (κ3) is 4.85. The van der Waals surface area contributed by atoms with Crippen LogP contribution in [-0.2, 0) is 6.54 Å². The van der Waals surface area contributed by atoms with E-state index in [1.807, 2.05) is 13.0 Å². The van der Waals surface area contributed by atoms with E-state index in [0.29, 0.717) is 29.6 Å². The number of nitrogens with one attached hydrogen (secondary N) is 2. The Hall–Kier alpha value is -3.29. The minimum Gasteiger partial charge on any atom is -0.493 e. The zero-order chi connectivity index (χ0) is 18.9. The predicted molar refractivity (Wildman–Crippen MR) is 101 cm³/mol. The van der Waals surface area contributed by atoms with Gasteiger partial charge < -0.3 is 20.1 Å². The highest BCUT2D eigenvalue weighted by molar-refractivity contribution is 5.93. The largest absolute Gasteiger partial charge is 0.493 e. The van der Waals surface area contributed by atoms with E-state index in [1.54, 1.807) is 44.6 Å². The Labute approximate surface area is 152 Å². The highest BCUT2D eigenvalue weighted by atomic mass is 16.6. The fourth-order valence-electron chi connectivity index (χ4n) is 2.34. The van der Waals surface area contributed by atoms with Crippen molar-refractivity contribution in [3.8, 4) is 11.5 Å². The summed E-state index contributed by atoms with van der Waals surface area (Å²) in [5.74, 6) is 1.73. The van der Waals surface area contributed by atoms with Crippen LogP contribution in [-0.4, -0.2) is 31.6 Å². The van der Waals surface area contributed by atoms with Gasteiger partial charge in [0.2, 0.25) is 0 Å². The van der Waals surface area contributed by atoms with Crippen molar-refractivity contribution in [3.05, 3.63) is 58.1 Å². The third-order valence-corrected chi connectivity index (χ3v) is 3.59. The number of nitro groups is 1. The van der Waals surface area contributed by atoms with Crippen molar-refractivity contribution in [2.45, 2.75) is 13.5 Å². The van der Waals surface area contributed by atoms with Crippen molar-refractivity contribution in [2.75, 3.05) is 26.1 Å². The molecule has 0 fully saturated rings. The van der Waals surface area contributed by atoms with Crippen LogP contribution >= 0.6 is 0 Å². The van der Waals surface area contributed by atoms with Gasteiger partial charge in [-0.05, 0) is 19.1 Å². The van der Waals surface area contributed by atoms with E-state index in [4.69, 9.17) is 9.47 Å². The molecule has 26 heavy (non-hydrogen) atoms. The minimum atomic E-state index is -0.403. The van der Waals surface area contributed by atoms with E-state index in [1.165, 1.54) is 6.07 Å². The van der Waals surface area contributed by atoms with E-state index in [9.17, 15) is 10.1 Å². The summed E-state index contributed by atoms with van der Waals surface area (Å²) in [5, 5.41) is 17.4. The molecule has 0 unspecified atom stereocenters. The molecule has 8 heteroatoms. The van der Waals surface area contributed by atoms with Crippen LogP contribution in [0.3, 0.4) is 0 Å². The van der Waals surface area contributed by atoms with Crippen LogP contribution < -0.4 is 20.1 Å². The minimum absolute atomic E-state index is 0.0539. The number of hydrogen-bond donors (Lipinski definition) is 2. The Kier molecular flexibility index (Phi) is 6.78. The second-order valence-corrected chi connectivity index (χ2v) is 5.28. The molecule has 0 saturated heterocycles. The van der Waals surface area contributed by atoms with E-state index in [-0.39, 0.29) is 12.2 Å².